The number of methoxy groups -OCH3 is 2. The summed E-state index contributed by atoms with van der Waals surface area (Å²) >= 11 is 0. The van der Waals surface area contributed by atoms with Gasteiger partial charge in [0, 0.05) is 18.9 Å². The first kappa shape index (κ1) is 18.1. The minimum Gasteiger partial charge on any atom is -0.493 e. The second kappa shape index (κ2) is 8.60. The summed E-state index contributed by atoms with van der Waals surface area (Å²) in [5, 5.41) is 11.4. The van der Waals surface area contributed by atoms with Crippen LogP contribution in [-0.2, 0) is 4.74 Å². The highest BCUT2D eigenvalue weighted by atomic mass is 16.5. The fraction of sp³-hybridized carbons (Fsp3) is 0.250. The molecular formula is C16H17N3O6. The summed E-state index contributed by atoms with van der Waals surface area (Å²) in [5.41, 5.74) is 0.208. The van der Waals surface area contributed by atoms with E-state index in [-0.39, 0.29) is 11.4 Å². The van der Waals surface area contributed by atoms with Gasteiger partial charge in [0.05, 0.1) is 26.1 Å². The Morgan fingerprint density at radius 3 is 2.40 bits per heavy atom. The van der Waals surface area contributed by atoms with E-state index in [1.54, 1.807) is 25.3 Å². The van der Waals surface area contributed by atoms with Crippen molar-refractivity contribution >= 4 is 17.6 Å². The number of nitrogens with zero attached hydrogens (tertiary/aromatic N) is 2. The van der Waals surface area contributed by atoms with Crippen molar-refractivity contribution in [3.8, 4) is 11.5 Å². The predicted octanol–water partition coefficient (Wildman–Crippen LogP) is 1.46. The van der Waals surface area contributed by atoms with Crippen molar-refractivity contribution in [2.75, 3.05) is 32.8 Å². The number of carboxylic acids is 1. The molecule has 0 saturated heterocycles. The minimum absolute atomic E-state index is 0.0114. The van der Waals surface area contributed by atoms with Crippen LogP contribution in [0.2, 0.25) is 0 Å². The first-order valence-electron chi connectivity index (χ1n) is 7.21. The number of ether oxygens (including phenoxy) is 3. The number of anilines is 1. The molecule has 0 aliphatic carbocycles. The van der Waals surface area contributed by atoms with E-state index in [9.17, 15) is 9.59 Å². The number of hydrogen-bond donors (Lipinski definition) is 2. The molecule has 0 aliphatic heterocycles. The summed E-state index contributed by atoms with van der Waals surface area (Å²) in [4.78, 5) is 30.3. The van der Waals surface area contributed by atoms with Crippen LogP contribution >= 0.6 is 0 Å². The third kappa shape index (κ3) is 4.88. The van der Waals surface area contributed by atoms with E-state index in [1.165, 1.54) is 7.11 Å². The van der Waals surface area contributed by atoms with Crippen LogP contribution in [0.1, 0.15) is 21.0 Å². The topological polar surface area (TPSA) is 120 Å². The van der Waals surface area contributed by atoms with E-state index in [4.69, 9.17) is 19.3 Å². The number of nitrogens with one attached hydrogen (secondary N) is 1. The van der Waals surface area contributed by atoms with Gasteiger partial charge in [-0.3, -0.25) is 4.79 Å². The Morgan fingerprint density at radius 1 is 1.08 bits per heavy atom. The number of benzene rings is 1. The summed E-state index contributed by atoms with van der Waals surface area (Å²) in [7, 11) is 3.07. The molecule has 132 valence electrons. The zero-order chi connectivity index (χ0) is 18.2. The van der Waals surface area contributed by atoms with E-state index in [0.717, 1.165) is 12.4 Å². The van der Waals surface area contributed by atoms with E-state index < -0.39 is 11.9 Å². The van der Waals surface area contributed by atoms with Crippen molar-refractivity contribution in [3.63, 3.8) is 0 Å². The largest absolute Gasteiger partial charge is 0.493 e. The molecule has 25 heavy (non-hydrogen) atoms. The van der Waals surface area contributed by atoms with Crippen LogP contribution in [0.15, 0.2) is 30.6 Å². The molecule has 0 bridgehead atoms. The van der Waals surface area contributed by atoms with Crippen molar-refractivity contribution in [3.05, 3.63) is 42.0 Å². The van der Waals surface area contributed by atoms with Crippen LogP contribution in [-0.4, -0.2) is 54.4 Å². The van der Waals surface area contributed by atoms with Crippen LogP contribution in [0, 0.1) is 0 Å². The van der Waals surface area contributed by atoms with Gasteiger partial charge in [0.15, 0.2) is 17.2 Å². The van der Waals surface area contributed by atoms with Crippen molar-refractivity contribution in [1.29, 1.82) is 0 Å². The van der Waals surface area contributed by atoms with Gasteiger partial charge in [0.25, 0.3) is 5.91 Å². The van der Waals surface area contributed by atoms with E-state index in [1.807, 2.05) is 0 Å². The van der Waals surface area contributed by atoms with E-state index in [0.29, 0.717) is 30.4 Å². The van der Waals surface area contributed by atoms with Crippen LogP contribution in [0.5, 0.6) is 11.5 Å². The molecule has 0 radical (unpaired) electrons. The zero-order valence-electron chi connectivity index (χ0n) is 13.7. The molecule has 1 heterocycles. The summed E-state index contributed by atoms with van der Waals surface area (Å²) in [6.07, 6.45) is 2.11. The van der Waals surface area contributed by atoms with Crippen LogP contribution in [0.4, 0.5) is 5.69 Å². The molecule has 0 atom stereocenters. The van der Waals surface area contributed by atoms with Crippen molar-refractivity contribution in [2.45, 2.75) is 0 Å². The van der Waals surface area contributed by atoms with E-state index >= 15 is 0 Å². The zero-order valence-corrected chi connectivity index (χ0v) is 13.7. The predicted molar refractivity (Wildman–Crippen MR) is 87.3 cm³/mol. The SMILES string of the molecule is COCCOc1cc(NC(=O)c2cnc(C(=O)O)cn2)ccc1OC. The van der Waals surface area contributed by atoms with Crippen molar-refractivity contribution in [2.24, 2.45) is 0 Å². The molecule has 9 nitrogen and oxygen atoms in total. The maximum atomic E-state index is 12.2. The number of aromatic carboxylic acids is 1. The number of carbonyl (C=O) groups excluding carboxylic acids is 1. The van der Waals surface area contributed by atoms with Gasteiger partial charge in [-0.15, -0.1) is 0 Å². The number of aromatic nitrogens is 2. The summed E-state index contributed by atoms with van der Waals surface area (Å²) in [5.74, 6) is -0.783. The molecule has 0 unspecified atom stereocenters. The van der Waals surface area contributed by atoms with Gasteiger partial charge < -0.3 is 24.6 Å². The third-order valence-electron chi connectivity index (χ3n) is 3.07. The third-order valence-corrected chi connectivity index (χ3v) is 3.07. The second-order valence-corrected chi connectivity index (χ2v) is 4.75. The first-order valence-corrected chi connectivity index (χ1v) is 7.21. The molecule has 0 aliphatic rings. The molecule has 2 rings (SSSR count). The molecule has 2 aromatic rings. The Morgan fingerprint density at radius 2 is 1.80 bits per heavy atom. The van der Waals surface area contributed by atoms with Crippen LogP contribution < -0.4 is 14.8 Å². The maximum absolute atomic E-state index is 12.2. The lowest BCUT2D eigenvalue weighted by Gasteiger charge is -2.12. The Bertz CT molecular complexity index is 748. The molecule has 0 fully saturated rings. The highest BCUT2D eigenvalue weighted by molar-refractivity contribution is 6.03. The highest BCUT2D eigenvalue weighted by Gasteiger charge is 2.13. The van der Waals surface area contributed by atoms with Crippen LogP contribution in [0.3, 0.4) is 0 Å². The summed E-state index contributed by atoms with van der Waals surface area (Å²) < 4.78 is 15.7. The number of hydrogen-bond acceptors (Lipinski definition) is 7. The smallest absolute Gasteiger partial charge is 0.356 e. The molecule has 0 spiro atoms. The van der Waals surface area contributed by atoms with Gasteiger partial charge in [-0.2, -0.15) is 0 Å². The monoisotopic (exact) mass is 347 g/mol. The Labute approximate surface area is 143 Å². The lowest BCUT2D eigenvalue weighted by atomic mass is 10.2. The van der Waals surface area contributed by atoms with Gasteiger partial charge in [-0.1, -0.05) is 0 Å². The summed E-state index contributed by atoms with van der Waals surface area (Å²) in [6, 6.07) is 4.89. The Hall–Kier alpha value is -3.20. The normalized spacial score (nSPS) is 10.2. The van der Waals surface area contributed by atoms with Crippen LogP contribution in [0.25, 0.3) is 0 Å². The molecule has 1 aromatic heterocycles. The van der Waals surface area contributed by atoms with Gasteiger partial charge in [-0.25, -0.2) is 14.8 Å². The number of carboxylic acid groups (broad SMARTS) is 1. The first-order chi connectivity index (χ1) is 12.0. The lowest BCUT2D eigenvalue weighted by Crippen LogP contribution is -2.15. The molecule has 1 aromatic carbocycles. The Balaban J connectivity index is 2.11. The summed E-state index contributed by atoms with van der Waals surface area (Å²) in [6.45, 7) is 0.734. The molecule has 0 saturated carbocycles. The standard InChI is InChI=1S/C16H17N3O6/c1-23-5-6-25-14-7-10(3-4-13(14)24-2)19-15(20)11-8-18-12(9-17-11)16(21)22/h3-4,7-9H,5-6H2,1-2H3,(H,19,20)(H,21,22). The molecule has 2 N–H and O–H groups in total. The van der Waals surface area contributed by atoms with Gasteiger partial charge in [0.2, 0.25) is 0 Å². The fourth-order valence-corrected chi connectivity index (χ4v) is 1.85. The van der Waals surface area contributed by atoms with E-state index in [2.05, 4.69) is 15.3 Å². The number of amides is 1. The van der Waals surface area contributed by atoms with Crippen molar-refractivity contribution < 1.29 is 28.9 Å². The second-order valence-electron chi connectivity index (χ2n) is 4.75. The quantitative estimate of drug-likeness (QED) is 0.689. The van der Waals surface area contributed by atoms with Gasteiger partial charge in [-0.05, 0) is 12.1 Å². The van der Waals surface area contributed by atoms with Gasteiger partial charge >= 0.3 is 5.97 Å². The maximum Gasteiger partial charge on any atom is 0.356 e. The van der Waals surface area contributed by atoms with Gasteiger partial charge in [0.1, 0.15) is 12.3 Å². The molecular weight excluding hydrogens is 330 g/mol. The average molecular weight is 347 g/mol. The average Bonchev–Trinajstić information content (AvgIpc) is 2.62. The highest BCUT2D eigenvalue weighted by Crippen LogP contribution is 2.30. The Kier molecular flexibility index (Phi) is 6.24. The van der Waals surface area contributed by atoms with Crippen molar-refractivity contribution in [1.82, 2.24) is 9.97 Å². The molecule has 1 amide bonds. The lowest BCUT2D eigenvalue weighted by molar-refractivity contribution is 0.0689. The molecule has 9 heteroatoms. The number of carbonyl (C=O) groups is 2. The number of rotatable bonds is 8. The fourth-order valence-electron chi connectivity index (χ4n) is 1.85. The minimum atomic E-state index is -1.22.